The summed E-state index contributed by atoms with van der Waals surface area (Å²) in [7, 11) is 0. The zero-order valence-electron chi connectivity index (χ0n) is 19.8. The molecule has 36 heavy (non-hydrogen) atoms. The minimum atomic E-state index is -0.272. The lowest BCUT2D eigenvalue weighted by molar-refractivity contribution is 0.256. The van der Waals surface area contributed by atoms with Gasteiger partial charge in [0, 0.05) is 11.1 Å². The molecular weight excluding hydrogens is 470 g/mol. The van der Waals surface area contributed by atoms with Crippen molar-refractivity contribution < 1.29 is 9.53 Å². The summed E-state index contributed by atoms with van der Waals surface area (Å²) in [6.07, 6.45) is 0.775. The first-order chi connectivity index (χ1) is 17.7. The number of hydrogen-bond acceptors (Lipinski definition) is 6. The predicted octanol–water partition coefficient (Wildman–Crippen LogP) is 6.47. The molecule has 0 aliphatic carbocycles. The van der Waals surface area contributed by atoms with Crippen LogP contribution in [-0.2, 0) is 19.6 Å². The Hall–Kier alpha value is -4.30. The summed E-state index contributed by atoms with van der Waals surface area (Å²) in [6.45, 7) is 2.77. The molecule has 8 heteroatoms. The van der Waals surface area contributed by atoms with Crippen LogP contribution in [0.15, 0.2) is 91.0 Å². The van der Waals surface area contributed by atoms with E-state index in [2.05, 4.69) is 20.5 Å². The molecule has 0 radical (unpaired) electrons. The quantitative estimate of drug-likeness (QED) is 0.267. The van der Waals surface area contributed by atoms with Crippen molar-refractivity contribution in [2.75, 3.05) is 10.2 Å². The van der Waals surface area contributed by atoms with Gasteiger partial charge in [-0.2, -0.15) is 0 Å². The number of nitrogens with zero attached hydrogens (tertiary/aromatic N) is 4. The molecule has 0 atom stereocenters. The first-order valence-corrected chi connectivity index (χ1v) is 12.5. The molecule has 180 valence electrons. The zero-order valence-corrected chi connectivity index (χ0v) is 20.6. The number of urea groups is 1. The van der Waals surface area contributed by atoms with Crippen molar-refractivity contribution in [3.05, 3.63) is 107 Å². The number of amides is 2. The van der Waals surface area contributed by atoms with Crippen LogP contribution in [0.3, 0.4) is 0 Å². The van der Waals surface area contributed by atoms with E-state index < -0.39 is 0 Å². The van der Waals surface area contributed by atoms with E-state index in [1.54, 1.807) is 4.90 Å². The zero-order chi connectivity index (χ0) is 24.7. The van der Waals surface area contributed by atoms with E-state index in [-0.39, 0.29) is 6.03 Å². The highest BCUT2D eigenvalue weighted by atomic mass is 32.1. The molecule has 0 saturated heterocycles. The van der Waals surface area contributed by atoms with Crippen LogP contribution in [0.2, 0.25) is 0 Å². The van der Waals surface area contributed by atoms with Crippen molar-refractivity contribution in [3.63, 3.8) is 0 Å². The fraction of sp³-hybridized carbons (Fsp3) is 0.143. The average molecular weight is 496 g/mol. The fourth-order valence-electron chi connectivity index (χ4n) is 3.72. The highest BCUT2D eigenvalue weighted by Crippen LogP contribution is 2.24. The highest BCUT2D eigenvalue weighted by molar-refractivity contribution is 7.15. The third kappa shape index (κ3) is 5.67. The highest BCUT2D eigenvalue weighted by Gasteiger charge is 2.18. The molecule has 2 heterocycles. The number of ether oxygens (including phenoxy) is 1. The molecule has 2 amide bonds. The fourth-order valence-corrected chi connectivity index (χ4v) is 4.39. The van der Waals surface area contributed by atoms with E-state index >= 15 is 0 Å². The van der Waals surface area contributed by atoms with Crippen molar-refractivity contribution in [1.82, 2.24) is 15.2 Å². The SMILES string of the molecule is CCc1nnc(NC(=O)N(Cc2ccccc2)c2ccc(OCc3ccc4ccccc4n3)cc2)s1. The summed E-state index contributed by atoms with van der Waals surface area (Å²) in [6, 6.07) is 29.1. The van der Waals surface area contributed by atoms with Gasteiger partial charge in [-0.05, 0) is 48.4 Å². The average Bonchev–Trinajstić information content (AvgIpc) is 3.39. The normalized spacial score (nSPS) is 10.8. The summed E-state index contributed by atoms with van der Waals surface area (Å²) >= 11 is 1.38. The molecule has 0 spiro atoms. The second-order valence-corrected chi connectivity index (χ2v) is 9.20. The van der Waals surface area contributed by atoms with Crippen LogP contribution in [0.25, 0.3) is 10.9 Å². The van der Waals surface area contributed by atoms with Crippen molar-refractivity contribution in [3.8, 4) is 5.75 Å². The molecule has 0 bridgehead atoms. The molecule has 0 aliphatic heterocycles. The predicted molar refractivity (Wildman–Crippen MR) is 143 cm³/mol. The maximum atomic E-state index is 13.2. The number of anilines is 2. The lowest BCUT2D eigenvalue weighted by atomic mass is 10.2. The van der Waals surface area contributed by atoms with Gasteiger partial charge in [0.25, 0.3) is 0 Å². The number of aryl methyl sites for hydroxylation is 1. The van der Waals surface area contributed by atoms with Gasteiger partial charge in [-0.1, -0.05) is 72.9 Å². The van der Waals surface area contributed by atoms with Crippen LogP contribution in [0.1, 0.15) is 23.2 Å². The number of rotatable bonds is 8. The second kappa shape index (κ2) is 11.0. The minimum Gasteiger partial charge on any atom is -0.487 e. The summed E-state index contributed by atoms with van der Waals surface area (Å²) in [5.41, 5.74) is 3.55. The van der Waals surface area contributed by atoms with Crippen LogP contribution < -0.4 is 15.0 Å². The van der Waals surface area contributed by atoms with E-state index in [1.165, 1.54) is 11.3 Å². The van der Waals surface area contributed by atoms with Crippen molar-refractivity contribution in [2.24, 2.45) is 0 Å². The van der Waals surface area contributed by atoms with Crippen molar-refractivity contribution in [2.45, 2.75) is 26.5 Å². The number of pyridine rings is 1. The minimum absolute atomic E-state index is 0.272. The maximum Gasteiger partial charge on any atom is 0.328 e. The molecule has 7 nitrogen and oxygen atoms in total. The smallest absolute Gasteiger partial charge is 0.328 e. The van der Waals surface area contributed by atoms with Gasteiger partial charge in [0.2, 0.25) is 5.13 Å². The topological polar surface area (TPSA) is 80.2 Å². The number of benzene rings is 3. The van der Waals surface area contributed by atoms with Gasteiger partial charge in [0.15, 0.2) is 0 Å². The van der Waals surface area contributed by atoms with Gasteiger partial charge in [-0.3, -0.25) is 10.2 Å². The van der Waals surface area contributed by atoms with Crippen LogP contribution in [0, 0.1) is 0 Å². The summed E-state index contributed by atoms with van der Waals surface area (Å²) in [5, 5.41) is 13.5. The van der Waals surface area contributed by atoms with Gasteiger partial charge in [-0.15, -0.1) is 10.2 Å². The van der Waals surface area contributed by atoms with E-state index in [0.29, 0.717) is 24.0 Å². The molecule has 3 aromatic carbocycles. The Morgan fingerprint density at radius 1 is 0.917 bits per heavy atom. The number of carbonyl (C=O) groups is 1. The Morgan fingerprint density at radius 3 is 2.47 bits per heavy atom. The first kappa shape index (κ1) is 23.4. The largest absolute Gasteiger partial charge is 0.487 e. The van der Waals surface area contributed by atoms with Crippen LogP contribution in [0.5, 0.6) is 5.75 Å². The maximum absolute atomic E-state index is 13.2. The van der Waals surface area contributed by atoms with Gasteiger partial charge in [0.1, 0.15) is 17.4 Å². The Kier molecular flexibility index (Phi) is 7.14. The number of hydrogen-bond donors (Lipinski definition) is 1. The third-order valence-electron chi connectivity index (χ3n) is 5.60. The summed E-state index contributed by atoms with van der Waals surface area (Å²) in [5.74, 6) is 0.700. The lowest BCUT2D eigenvalue weighted by Gasteiger charge is -2.23. The van der Waals surface area contributed by atoms with Gasteiger partial charge >= 0.3 is 6.03 Å². The van der Waals surface area contributed by atoms with Crippen molar-refractivity contribution >= 4 is 39.1 Å². The monoisotopic (exact) mass is 495 g/mol. The number of fused-ring (bicyclic) bond motifs is 1. The van der Waals surface area contributed by atoms with E-state index in [9.17, 15) is 4.79 Å². The Morgan fingerprint density at radius 2 is 1.69 bits per heavy atom. The Bertz CT molecular complexity index is 1450. The van der Waals surface area contributed by atoms with Crippen molar-refractivity contribution in [1.29, 1.82) is 0 Å². The number of para-hydroxylation sites is 1. The molecule has 0 fully saturated rings. The summed E-state index contributed by atoms with van der Waals surface area (Å²) in [4.78, 5) is 19.6. The van der Waals surface area contributed by atoms with Gasteiger partial charge in [-0.25, -0.2) is 9.78 Å². The molecule has 1 N–H and O–H groups in total. The van der Waals surface area contributed by atoms with E-state index in [0.717, 1.165) is 39.3 Å². The molecule has 5 aromatic rings. The van der Waals surface area contributed by atoms with Crippen LogP contribution in [0.4, 0.5) is 15.6 Å². The van der Waals surface area contributed by atoms with Crippen LogP contribution in [-0.4, -0.2) is 21.2 Å². The number of carbonyl (C=O) groups excluding carboxylic acids is 1. The lowest BCUT2D eigenvalue weighted by Crippen LogP contribution is -2.34. The van der Waals surface area contributed by atoms with E-state index in [1.807, 2.05) is 97.9 Å². The standard InChI is InChI=1S/C28H25N5O2S/c1-2-26-31-32-27(36-26)30-28(34)33(18-20-8-4-3-5-9-20)23-14-16-24(17-15-23)35-19-22-13-12-21-10-6-7-11-25(21)29-22/h3-17H,2,18-19H2,1H3,(H,30,32,34). The molecule has 0 aliphatic rings. The number of aromatic nitrogens is 3. The summed E-state index contributed by atoms with van der Waals surface area (Å²) < 4.78 is 5.97. The Labute approximate surface area is 213 Å². The number of nitrogens with one attached hydrogen (secondary N) is 1. The molecule has 2 aromatic heterocycles. The van der Waals surface area contributed by atoms with Crippen LogP contribution >= 0.6 is 11.3 Å². The van der Waals surface area contributed by atoms with Gasteiger partial charge in [0.05, 0.1) is 17.8 Å². The van der Waals surface area contributed by atoms with Gasteiger partial charge < -0.3 is 4.74 Å². The molecule has 0 unspecified atom stereocenters. The molecule has 0 saturated carbocycles. The second-order valence-electron chi connectivity index (χ2n) is 8.13. The molecule has 5 rings (SSSR count). The third-order valence-corrected chi connectivity index (χ3v) is 6.59. The van der Waals surface area contributed by atoms with E-state index in [4.69, 9.17) is 4.74 Å². The molecular formula is C28H25N5O2S. The Balaban J connectivity index is 1.30. The first-order valence-electron chi connectivity index (χ1n) is 11.7.